The van der Waals surface area contributed by atoms with Gasteiger partial charge in [0, 0.05) is 38.1 Å². The fourth-order valence-electron chi connectivity index (χ4n) is 1.78. The monoisotopic (exact) mass is 229 g/mol. The molecule has 5 nitrogen and oxygen atoms in total. The van der Waals surface area contributed by atoms with Gasteiger partial charge in [0.25, 0.3) is 0 Å². The van der Waals surface area contributed by atoms with E-state index in [1.54, 1.807) is 16.6 Å². The number of hydrogen-bond acceptors (Lipinski definition) is 3. The van der Waals surface area contributed by atoms with Crippen LogP contribution >= 0.6 is 0 Å². The van der Waals surface area contributed by atoms with Crippen LogP contribution in [-0.2, 0) is 10.0 Å². The van der Waals surface area contributed by atoms with E-state index in [0.717, 1.165) is 0 Å². The highest BCUT2D eigenvalue weighted by atomic mass is 32.2. The Morgan fingerprint density at radius 1 is 1.53 bits per heavy atom. The minimum Gasteiger partial charge on any atom is -0.366 e. The van der Waals surface area contributed by atoms with Gasteiger partial charge in [-0.15, -0.1) is 0 Å². The molecule has 1 aromatic heterocycles. The van der Waals surface area contributed by atoms with Gasteiger partial charge in [-0.05, 0) is 13.0 Å². The first kappa shape index (κ1) is 10.7. The molecular weight excluding hydrogens is 214 g/mol. The molecule has 1 aliphatic heterocycles. The number of hydrogen-bond donors (Lipinski definition) is 2. The summed E-state index contributed by atoms with van der Waals surface area (Å²) < 4.78 is 25.8. The fourth-order valence-corrected chi connectivity index (χ4v) is 3.39. The molecule has 0 unspecified atom stereocenters. The summed E-state index contributed by atoms with van der Waals surface area (Å²) >= 11 is 0. The summed E-state index contributed by atoms with van der Waals surface area (Å²) in [7, 11) is -3.31. The Bertz CT molecular complexity index is 413. The maximum atomic E-state index is 12.1. The summed E-state index contributed by atoms with van der Waals surface area (Å²) in [5, 5.41) is 3.17. The third-order valence-corrected chi connectivity index (χ3v) is 4.63. The molecule has 1 aromatic rings. The van der Waals surface area contributed by atoms with Crippen LogP contribution in [0.2, 0.25) is 0 Å². The van der Waals surface area contributed by atoms with Gasteiger partial charge in [-0.2, -0.15) is 4.31 Å². The standard InChI is InChI=1S/C9H15N3O2S/c1-8-6-11-4-5-12(8)15(13,14)9-2-3-10-7-9/h2-3,7-8,10-11H,4-6H2,1H3/t8-/m0/s1. The fraction of sp³-hybridized carbons (Fsp3) is 0.556. The zero-order valence-corrected chi connectivity index (χ0v) is 9.42. The van der Waals surface area contributed by atoms with E-state index in [1.807, 2.05) is 6.92 Å². The van der Waals surface area contributed by atoms with Crippen molar-refractivity contribution in [3.05, 3.63) is 18.5 Å². The molecule has 2 N–H and O–H groups in total. The number of nitrogens with one attached hydrogen (secondary N) is 2. The van der Waals surface area contributed by atoms with E-state index in [4.69, 9.17) is 0 Å². The molecule has 0 amide bonds. The molecule has 0 spiro atoms. The number of piperazine rings is 1. The highest BCUT2D eigenvalue weighted by Crippen LogP contribution is 2.18. The van der Waals surface area contributed by atoms with Crippen molar-refractivity contribution in [1.29, 1.82) is 0 Å². The van der Waals surface area contributed by atoms with Crippen LogP contribution < -0.4 is 5.32 Å². The molecule has 0 saturated carbocycles. The van der Waals surface area contributed by atoms with Crippen molar-refractivity contribution >= 4 is 10.0 Å². The van der Waals surface area contributed by atoms with Crippen LogP contribution in [0.15, 0.2) is 23.4 Å². The van der Waals surface area contributed by atoms with Gasteiger partial charge in [-0.1, -0.05) is 0 Å². The Labute approximate surface area is 89.5 Å². The molecular formula is C9H15N3O2S. The lowest BCUT2D eigenvalue weighted by atomic mass is 10.3. The molecule has 1 saturated heterocycles. The number of aromatic amines is 1. The second-order valence-electron chi connectivity index (χ2n) is 3.72. The Hall–Kier alpha value is -0.850. The Morgan fingerprint density at radius 3 is 2.93 bits per heavy atom. The lowest BCUT2D eigenvalue weighted by Gasteiger charge is -2.32. The summed E-state index contributed by atoms with van der Waals surface area (Å²) in [6.45, 7) is 3.88. The normalized spacial score (nSPS) is 24.2. The molecule has 1 fully saturated rings. The van der Waals surface area contributed by atoms with Crippen LogP contribution in [0.1, 0.15) is 6.92 Å². The summed E-state index contributed by atoms with van der Waals surface area (Å²) in [6, 6.07) is 1.60. The third kappa shape index (κ3) is 1.92. The van der Waals surface area contributed by atoms with Crippen LogP contribution in [-0.4, -0.2) is 43.4 Å². The van der Waals surface area contributed by atoms with E-state index in [0.29, 0.717) is 24.5 Å². The molecule has 0 aromatic carbocycles. The minimum atomic E-state index is -3.31. The van der Waals surface area contributed by atoms with E-state index in [-0.39, 0.29) is 6.04 Å². The molecule has 84 valence electrons. The van der Waals surface area contributed by atoms with Gasteiger partial charge in [0.05, 0.1) is 4.90 Å². The lowest BCUT2D eigenvalue weighted by molar-refractivity contribution is 0.284. The number of sulfonamides is 1. The van der Waals surface area contributed by atoms with E-state index in [9.17, 15) is 8.42 Å². The smallest absolute Gasteiger partial charge is 0.244 e. The maximum absolute atomic E-state index is 12.1. The predicted octanol–water partition coefficient (Wildman–Crippen LogP) is -0.00290. The Kier molecular flexibility index (Phi) is 2.81. The average Bonchev–Trinajstić information content (AvgIpc) is 2.71. The highest BCUT2D eigenvalue weighted by Gasteiger charge is 2.30. The van der Waals surface area contributed by atoms with Crippen LogP contribution in [0.3, 0.4) is 0 Å². The molecule has 0 radical (unpaired) electrons. The van der Waals surface area contributed by atoms with Gasteiger partial charge >= 0.3 is 0 Å². The highest BCUT2D eigenvalue weighted by molar-refractivity contribution is 7.89. The summed E-state index contributed by atoms with van der Waals surface area (Å²) in [6.07, 6.45) is 3.14. The third-order valence-electron chi connectivity index (χ3n) is 2.62. The number of H-pyrrole nitrogens is 1. The minimum absolute atomic E-state index is 0.0126. The van der Waals surface area contributed by atoms with Crippen molar-refractivity contribution in [2.45, 2.75) is 17.9 Å². The van der Waals surface area contributed by atoms with Gasteiger partial charge in [0.15, 0.2) is 0 Å². The van der Waals surface area contributed by atoms with E-state index >= 15 is 0 Å². The van der Waals surface area contributed by atoms with Crippen molar-refractivity contribution in [2.75, 3.05) is 19.6 Å². The van der Waals surface area contributed by atoms with Crippen molar-refractivity contribution < 1.29 is 8.42 Å². The number of rotatable bonds is 2. The second-order valence-corrected chi connectivity index (χ2v) is 5.61. The molecule has 2 heterocycles. The quantitative estimate of drug-likeness (QED) is 0.750. The molecule has 6 heteroatoms. The second kappa shape index (κ2) is 3.96. The largest absolute Gasteiger partial charge is 0.366 e. The summed E-state index contributed by atoms with van der Waals surface area (Å²) in [5.74, 6) is 0. The first-order valence-corrected chi connectivity index (χ1v) is 6.42. The van der Waals surface area contributed by atoms with Crippen LogP contribution in [0, 0.1) is 0 Å². The molecule has 2 rings (SSSR count). The molecule has 1 aliphatic rings. The van der Waals surface area contributed by atoms with E-state index in [1.165, 1.54) is 6.20 Å². The topological polar surface area (TPSA) is 65.2 Å². The molecule has 0 bridgehead atoms. The Morgan fingerprint density at radius 2 is 2.33 bits per heavy atom. The van der Waals surface area contributed by atoms with Gasteiger partial charge < -0.3 is 10.3 Å². The molecule has 1 atom stereocenters. The van der Waals surface area contributed by atoms with Crippen molar-refractivity contribution in [3.8, 4) is 0 Å². The summed E-state index contributed by atoms with van der Waals surface area (Å²) in [5.41, 5.74) is 0. The Balaban J connectivity index is 2.29. The van der Waals surface area contributed by atoms with Crippen LogP contribution in [0.5, 0.6) is 0 Å². The SMILES string of the molecule is C[C@H]1CNCCN1S(=O)(=O)c1cc[nH]c1. The van der Waals surface area contributed by atoms with Crippen LogP contribution in [0.25, 0.3) is 0 Å². The number of nitrogens with zero attached hydrogens (tertiary/aromatic N) is 1. The van der Waals surface area contributed by atoms with Gasteiger partial charge in [-0.25, -0.2) is 8.42 Å². The van der Waals surface area contributed by atoms with Gasteiger partial charge in [-0.3, -0.25) is 0 Å². The van der Waals surface area contributed by atoms with Gasteiger partial charge in [0.1, 0.15) is 0 Å². The van der Waals surface area contributed by atoms with Gasteiger partial charge in [0.2, 0.25) is 10.0 Å². The van der Waals surface area contributed by atoms with Crippen molar-refractivity contribution in [3.63, 3.8) is 0 Å². The first-order chi connectivity index (χ1) is 7.12. The maximum Gasteiger partial charge on any atom is 0.244 e. The van der Waals surface area contributed by atoms with E-state index < -0.39 is 10.0 Å². The zero-order chi connectivity index (χ0) is 10.9. The van der Waals surface area contributed by atoms with Crippen molar-refractivity contribution in [1.82, 2.24) is 14.6 Å². The molecule has 15 heavy (non-hydrogen) atoms. The van der Waals surface area contributed by atoms with Crippen molar-refractivity contribution in [2.24, 2.45) is 0 Å². The predicted molar refractivity (Wildman–Crippen MR) is 57.0 cm³/mol. The molecule has 0 aliphatic carbocycles. The average molecular weight is 229 g/mol. The van der Waals surface area contributed by atoms with Crippen LogP contribution in [0.4, 0.5) is 0 Å². The van der Waals surface area contributed by atoms with E-state index in [2.05, 4.69) is 10.3 Å². The zero-order valence-electron chi connectivity index (χ0n) is 8.60. The lowest BCUT2D eigenvalue weighted by Crippen LogP contribution is -2.52. The number of aromatic nitrogens is 1. The summed E-state index contributed by atoms with van der Waals surface area (Å²) in [4.78, 5) is 3.11. The first-order valence-electron chi connectivity index (χ1n) is 4.98.